The lowest BCUT2D eigenvalue weighted by Gasteiger charge is -2.34. The van der Waals surface area contributed by atoms with Crippen LogP contribution in [-0.2, 0) is 12.8 Å². The summed E-state index contributed by atoms with van der Waals surface area (Å²) in [5, 5.41) is 0.693. The molecule has 1 aromatic carbocycles. The Morgan fingerprint density at radius 3 is 2.91 bits per heavy atom. The Labute approximate surface area is 155 Å². The van der Waals surface area contributed by atoms with E-state index in [0.29, 0.717) is 11.2 Å². The molecule has 0 aliphatic carbocycles. The van der Waals surface area contributed by atoms with Crippen LogP contribution in [0, 0.1) is 10.5 Å². The predicted octanol–water partition coefficient (Wildman–Crippen LogP) is 3.81. The summed E-state index contributed by atoms with van der Waals surface area (Å²) in [4.78, 5) is 8.40. The van der Waals surface area contributed by atoms with E-state index in [4.69, 9.17) is 10.5 Å². The zero-order valence-electron chi connectivity index (χ0n) is 13.7. The maximum absolute atomic E-state index is 5.96. The summed E-state index contributed by atoms with van der Waals surface area (Å²) >= 11 is 4.01. The zero-order chi connectivity index (χ0) is 16.6. The first-order valence-corrected chi connectivity index (χ1v) is 9.75. The van der Waals surface area contributed by atoms with E-state index in [-0.39, 0.29) is 0 Å². The molecule has 1 aromatic heterocycles. The smallest absolute Gasteiger partial charge is 0.180 e. The van der Waals surface area contributed by atoms with Crippen LogP contribution in [0.1, 0.15) is 34.7 Å². The van der Waals surface area contributed by atoms with Crippen molar-refractivity contribution in [2.45, 2.75) is 32.7 Å². The molecule has 1 aliphatic rings. The van der Waals surface area contributed by atoms with Gasteiger partial charge in [-0.25, -0.2) is 4.98 Å². The number of nitrogens with two attached hydrogens (primary N) is 1. The van der Waals surface area contributed by atoms with Gasteiger partial charge in [0.25, 0.3) is 0 Å². The van der Waals surface area contributed by atoms with Gasteiger partial charge in [0.2, 0.25) is 0 Å². The van der Waals surface area contributed by atoms with E-state index in [1.165, 1.54) is 25.3 Å². The number of halogens is 1. The molecule has 0 saturated heterocycles. The predicted molar refractivity (Wildman–Crippen MR) is 104 cm³/mol. The number of hydrogen-bond donors (Lipinski definition) is 1. The van der Waals surface area contributed by atoms with Crippen molar-refractivity contribution in [3.8, 4) is 5.75 Å². The lowest BCUT2D eigenvalue weighted by molar-refractivity contribution is 0.196. The van der Waals surface area contributed by atoms with Crippen LogP contribution in [0.3, 0.4) is 0 Å². The summed E-state index contributed by atoms with van der Waals surface area (Å²) in [6.07, 6.45) is 2.00. The minimum absolute atomic E-state index is 0.377. The molecule has 4 nitrogen and oxygen atoms in total. The molecule has 2 N–H and O–H groups in total. The molecule has 23 heavy (non-hydrogen) atoms. The highest BCUT2D eigenvalue weighted by Crippen LogP contribution is 2.38. The number of anilines is 1. The van der Waals surface area contributed by atoms with Gasteiger partial charge in [-0.05, 0) is 59.7 Å². The van der Waals surface area contributed by atoms with Crippen LogP contribution in [0.25, 0.3) is 0 Å². The summed E-state index contributed by atoms with van der Waals surface area (Å²) in [5.41, 5.74) is 9.69. The highest BCUT2D eigenvalue weighted by molar-refractivity contribution is 14.1. The molecule has 124 valence electrons. The Morgan fingerprint density at radius 2 is 2.26 bits per heavy atom. The van der Waals surface area contributed by atoms with Gasteiger partial charge in [0, 0.05) is 17.8 Å². The highest BCUT2D eigenvalue weighted by atomic mass is 127. The Hall–Kier alpha value is -0.860. The maximum atomic E-state index is 5.96. The number of methoxy groups -OCH3 is 1. The van der Waals surface area contributed by atoms with Crippen molar-refractivity contribution in [2.24, 2.45) is 0 Å². The van der Waals surface area contributed by atoms with Gasteiger partial charge in [-0.15, -0.1) is 11.3 Å². The second-order valence-electron chi connectivity index (χ2n) is 5.89. The third-order valence-corrected chi connectivity index (χ3v) is 6.28. The van der Waals surface area contributed by atoms with E-state index in [1.54, 1.807) is 18.4 Å². The lowest BCUT2D eigenvalue weighted by Crippen LogP contribution is -2.35. The number of ether oxygens (including phenoxy) is 1. The average molecular weight is 443 g/mol. The minimum Gasteiger partial charge on any atom is -0.495 e. The number of hydrogen-bond acceptors (Lipinski definition) is 5. The van der Waals surface area contributed by atoms with Crippen LogP contribution in [0.2, 0.25) is 0 Å². The maximum Gasteiger partial charge on any atom is 0.180 e. The second-order valence-corrected chi connectivity index (χ2v) is 8.11. The molecule has 0 fully saturated rings. The van der Waals surface area contributed by atoms with Gasteiger partial charge in [-0.1, -0.05) is 13.0 Å². The Kier molecular flexibility index (Phi) is 5.13. The molecule has 6 heteroatoms. The number of nitrogens with zero attached hydrogens (tertiary/aromatic N) is 2. The van der Waals surface area contributed by atoms with Crippen molar-refractivity contribution in [1.29, 1.82) is 0 Å². The summed E-state index contributed by atoms with van der Waals surface area (Å²) in [6, 6.07) is 4.86. The molecular formula is C17H22IN3OS. The van der Waals surface area contributed by atoms with E-state index < -0.39 is 0 Å². The fourth-order valence-electron chi connectivity index (χ4n) is 3.39. The van der Waals surface area contributed by atoms with Gasteiger partial charge in [0.1, 0.15) is 5.75 Å². The average Bonchev–Trinajstić information content (AvgIpc) is 2.88. The van der Waals surface area contributed by atoms with Gasteiger partial charge >= 0.3 is 0 Å². The number of aryl methyl sites for hydroxylation is 1. The summed E-state index contributed by atoms with van der Waals surface area (Å²) < 4.78 is 6.65. The lowest BCUT2D eigenvalue weighted by atomic mass is 9.97. The fourth-order valence-corrected chi connectivity index (χ4v) is 5.46. The normalized spacial score (nSPS) is 18.0. The molecule has 1 atom stereocenters. The highest BCUT2D eigenvalue weighted by Gasteiger charge is 2.30. The van der Waals surface area contributed by atoms with Gasteiger partial charge in [-0.3, -0.25) is 4.90 Å². The quantitative estimate of drug-likeness (QED) is 0.731. The molecule has 0 spiro atoms. The summed E-state index contributed by atoms with van der Waals surface area (Å²) in [6.45, 7) is 6.45. The Balaban J connectivity index is 1.94. The van der Waals surface area contributed by atoms with Crippen molar-refractivity contribution in [1.82, 2.24) is 9.88 Å². The van der Waals surface area contributed by atoms with Crippen molar-refractivity contribution >= 4 is 39.1 Å². The van der Waals surface area contributed by atoms with Crippen LogP contribution in [-0.4, -0.2) is 30.1 Å². The number of aromatic nitrogens is 1. The Morgan fingerprint density at radius 1 is 1.48 bits per heavy atom. The first-order valence-electron chi connectivity index (χ1n) is 7.85. The molecule has 0 amide bonds. The molecule has 0 radical (unpaired) electrons. The second kappa shape index (κ2) is 6.94. The van der Waals surface area contributed by atoms with Gasteiger partial charge < -0.3 is 10.5 Å². The van der Waals surface area contributed by atoms with Crippen LogP contribution in [0.4, 0.5) is 5.13 Å². The Bertz CT molecular complexity index is 693. The van der Waals surface area contributed by atoms with Crippen molar-refractivity contribution in [3.63, 3.8) is 0 Å². The molecular weight excluding hydrogens is 421 g/mol. The van der Waals surface area contributed by atoms with Gasteiger partial charge in [0.05, 0.1) is 22.4 Å². The van der Waals surface area contributed by atoms with Crippen LogP contribution in [0.5, 0.6) is 5.75 Å². The number of likely N-dealkylation sites (N-methyl/N-ethyl adjacent to an activating group) is 1. The topological polar surface area (TPSA) is 51.4 Å². The van der Waals surface area contributed by atoms with E-state index in [0.717, 1.165) is 31.7 Å². The molecule has 3 rings (SSSR count). The van der Waals surface area contributed by atoms with Crippen molar-refractivity contribution in [3.05, 3.63) is 37.4 Å². The number of rotatable bonds is 4. The van der Waals surface area contributed by atoms with Crippen LogP contribution >= 0.6 is 33.9 Å². The van der Waals surface area contributed by atoms with E-state index in [2.05, 4.69) is 58.5 Å². The molecule has 2 heterocycles. The monoisotopic (exact) mass is 443 g/mol. The molecule has 0 saturated carbocycles. The van der Waals surface area contributed by atoms with E-state index >= 15 is 0 Å². The van der Waals surface area contributed by atoms with E-state index in [9.17, 15) is 0 Å². The number of thiazole rings is 1. The molecule has 0 bridgehead atoms. The fraction of sp³-hybridized carbons (Fsp3) is 0.471. The van der Waals surface area contributed by atoms with Crippen LogP contribution in [0.15, 0.2) is 12.1 Å². The molecule has 2 aromatic rings. The summed E-state index contributed by atoms with van der Waals surface area (Å²) in [7, 11) is 1.73. The number of fused-ring (bicyclic) bond motifs is 1. The molecule has 1 unspecified atom stereocenters. The molecule has 1 aliphatic heterocycles. The van der Waals surface area contributed by atoms with E-state index in [1.807, 2.05) is 0 Å². The SMILES string of the molecule is CCN1CCc2nc(N)sc2C1Cc1cc(C)c(OC)c(I)c1. The minimum atomic E-state index is 0.377. The zero-order valence-corrected chi connectivity index (χ0v) is 16.7. The standard InChI is InChI=1S/C17H22IN3OS/c1-4-21-6-5-13-16(23-17(19)20-13)14(21)9-11-7-10(2)15(22-3)12(18)8-11/h7-8,14H,4-6,9H2,1-3H3,(H2,19,20). The van der Waals surface area contributed by atoms with Gasteiger partial charge in [0.15, 0.2) is 5.13 Å². The largest absolute Gasteiger partial charge is 0.495 e. The third-order valence-electron chi connectivity index (χ3n) is 4.45. The summed E-state index contributed by atoms with van der Waals surface area (Å²) in [5.74, 6) is 0.980. The first-order chi connectivity index (χ1) is 11.0. The first kappa shape index (κ1) is 17.0. The van der Waals surface area contributed by atoms with Crippen LogP contribution < -0.4 is 10.5 Å². The third kappa shape index (κ3) is 3.34. The number of benzene rings is 1. The van der Waals surface area contributed by atoms with Crippen molar-refractivity contribution < 1.29 is 4.74 Å². The van der Waals surface area contributed by atoms with Crippen molar-refractivity contribution in [2.75, 3.05) is 25.9 Å². The van der Waals surface area contributed by atoms with Gasteiger partial charge in [-0.2, -0.15) is 0 Å². The number of nitrogen functional groups attached to an aromatic ring is 1.